The minimum absolute atomic E-state index is 0.116. The van der Waals surface area contributed by atoms with Crippen molar-refractivity contribution in [3.8, 4) is 0 Å². The van der Waals surface area contributed by atoms with E-state index < -0.39 is 27.2 Å². The molecule has 1 aromatic carbocycles. The number of carbonyl (C=O) groups is 1. The summed E-state index contributed by atoms with van der Waals surface area (Å²) in [4.78, 5) is 32.3. The first-order chi connectivity index (χ1) is 10.6. The third-order valence-electron chi connectivity index (χ3n) is 3.64. The number of non-ortho nitro benzene ring substituents is 1. The summed E-state index contributed by atoms with van der Waals surface area (Å²) in [6.07, 6.45) is 0.536. The van der Waals surface area contributed by atoms with E-state index in [0.29, 0.717) is 12.0 Å². The first kappa shape index (κ1) is 18.3. The standard InChI is InChI=1S/C15H18N2O6/c1-5-9(4)11-6-10(16(20)21)7-12(17(22)23)14(11)13(8(2)3)15(18)19/h6-7,9H,5H2,1-4H3,(H,18,19)/p-1. The Morgan fingerprint density at radius 2 is 1.74 bits per heavy atom. The number of benzene rings is 1. The van der Waals surface area contributed by atoms with Crippen LogP contribution in [0.5, 0.6) is 0 Å². The van der Waals surface area contributed by atoms with Gasteiger partial charge in [-0.2, -0.15) is 0 Å². The molecule has 0 aliphatic carbocycles. The van der Waals surface area contributed by atoms with Crippen LogP contribution in [-0.2, 0) is 4.79 Å². The van der Waals surface area contributed by atoms with E-state index in [1.54, 1.807) is 13.8 Å². The van der Waals surface area contributed by atoms with Crippen molar-refractivity contribution in [2.45, 2.75) is 40.0 Å². The Bertz CT molecular complexity index is 704. The Kier molecular flexibility index (Phi) is 5.56. The van der Waals surface area contributed by atoms with Crippen molar-refractivity contribution in [2.24, 2.45) is 0 Å². The molecule has 124 valence electrons. The van der Waals surface area contributed by atoms with Crippen molar-refractivity contribution < 1.29 is 19.7 Å². The maximum Gasteiger partial charge on any atom is 0.284 e. The number of carboxylic acid groups (broad SMARTS) is 1. The van der Waals surface area contributed by atoms with Crippen LogP contribution >= 0.6 is 0 Å². The Balaban J connectivity index is 3.98. The van der Waals surface area contributed by atoms with Crippen molar-refractivity contribution >= 4 is 22.9 Å². The second-order valence-corrected chi connectivity index (χ2v) is 5.42. The highest BCUT2D eigenvalue weighted by Crippen LogP contribution is 2.39. The Morgan fingerprint density at radius 3 is 2.09 bits per heavy atom. The van der Waals surface area contributed by atoms with E-state index in [9.17, 15) is 30.1 Å². The van der Waals surface area contributed by atoms with E-state index >= 15 is 0 Å². The number of nitro benzene ring substituents is 2. The van der Waals surface area contributed by atoms with Gasteiger partial charge < -0.3 is 9.90 Å². The van der Waals surface area contributed by atoms with Gasteiger partial charge in [0.25, 0.3) is 11.4 Å². The van der Waals surface area contributed by atoms with Crippen molar-refractivity contribution in [2.75, 3.05) is 0 Å². The summed E-state index contributed by atoms with van der Waals surface area (Å²) in [5.74, 6) is -1.84. The van der Waals surface area contributed by atoms with Crippen LogP contribution in [-0.4, -0.2) is 15.8 Å². The first-order valence-corrected chi connectivity index (χ1v) is 6.97. The van der Waals surface area contributed by atoms with Crippen LogP contribution in [0, 0.1) is 20.2 Å². The summed E-state index contributed by atoms with van der Waals surface area (Å²) in [7, 11) is 0. The van der Waals surface area contributed by atoms with Gasteiger partial charge in [0.05, 0.1) is 27.4 Å². The monoisotopic (exact) mass is 321 g/mol. The fourth-order valence-electron chi connectivity index (χ4n) is 2.32. The highest BCUT2D eigenvalue weighted by molar-refractivity contribution is 6.17. The maximum atomic E-state index is 11.5. The summed E-state index contributed by atoms with van der Waals surface area (Å²) in [5.41, 5.74) is -0.880. The van der Waals surface area contributed by atoms with Gasteiger partial charge in [0, 0.05) is 11.6 Å². The smallest absolute Gasteiger partial charge is 0.284 e. The van der Waals surface area contributed by atoms with Gasteiger partial charge in [0.15, 0.2) is 0 Å². The molecule has 0 radical (unpaired) electrons. The summed E-state index contributed by atoms with van der Waals surface area (Å²) >= 11 is 0. The molecule has 0 aliphatic heterocycles. The molecule has 1 atom stereocenters. The lowest BCUT2D eigenvalue weighted by Gasteiger charge is -2.19. The fourth-order valence-corrected chi connectivity index (χ4v) is 2.32. The molecule has 8 heteroatoms. The van der Waals surface area contributed by atoms with Crippen molar-refractivity contribution in [3.63, 3.8) is 0 Å². The summed E-state index contributed by atoms with van der Waals surface area (Å²) in [5, 5.41) is 33.9. The average molecular weight is 321 g/mol. The predicted molar refractivity (Wildman–Crippen MR) is 81.7 cm³/mol. The van der Waals surface area contributed by atoms with E-state index in [4.69, 9.17) is 0 Å². The molecule has 0 aliphatic rings. The molecule has 23 heavy (non-hydrogen) atoms. The molecule has 0 fully saturated rings. The molecule has 0 aromatic heterocycles. The Morgan fingerprint density at radius 1 is 1.17 bits per heavy atom. The number of rotatable bonds is 6. The molecule has 0 heterocycles. The Hall–Kier alpha value is -2.77. The quantitative estimate of drug-likeness (QED) is 0.450. The lowest BCUT2D eigenvalue weighted by atomic mass is 9.86. The van der Waals surface area contributed by atoms with Gasteiger partial charge in [-0.05, 0) is 31.7 Å². The molecule has 0 amide bonds. The SMILES string of the molecule is CCC(C)c1cc([N+](=O)[O-])cc([N+](=O)[O-])c1C(C(=O)[O-])=C(C)C. The average Bonchev–Trinajstić information content (AvgIpc) is 2.45. The lowest BCUT2D eigenvalue weighted by molar-refractivity contribution is -0.394. The molecule has 0 spiro atoms. The number of carboxylic acids is 1. The molecule has 0 saturated carbocycles. The highest BCUT2D eigenvalue weighted by Gasteiger charge is 2.29. The van der Waals surface area contributed by atoms with Gasteiger partial charge in [-0.1, -0.05) is 19.4 Å². The minimum atomic E-state index is -1.55. The van der Waals surface area contributed by atoms with Crippen LogP contribution < -0.4 is 5.11 Å². The van der Waals surface area contributed by atoms with Crippen LogP contribution in [0.15, 0.2) is 17.7 Å². The number of carbonyl (C=O) groups excluding carboxylic acids is 1. The zero-order valence-corrected chi connectivity index (χ0v) is 13.3. The normalized spacial score (nSPS) is 11.7. The van der Waals surface area contributed by atoms with Gasteiger partial charge in [-0.3, -0.25) is 20.2 Å². The van der Waals surface area contributed by atoms with E-state index in [1.807, 2.05) is 0 Å². The van der Waals surface area contributed by atoms with Crippen LogP contribution in [0.25, 0.3) is 5.57 Å². The number of nitro groups is 2. The number of nitrogens with zero attached hydrogens (tertiary/aromatic N) is 2. The van der Waals surface area contributed by atoms with Gasteiger partial charge in [0.2, 0.25) is 0 Å². The van der Waals surface area contributed by atoms with Gasteiger partial charge in [0.1, 0.15) is 0 Å². The molecule has 1 rings (SSSR count). The number of hydrogen-bond acceptors (Lipinski definition) is 6. The fraction of sp³-hybridized carbons (Fsp3) is 0.400. The zero-order chi connectivity index (χ0) is 17.9. The van der Waals surface area contributed by atoms with E-state index in [1.165, 1.54) is 19.9 Å². The largest absolute Gasteiger partial charge is 0.545 e. The second kappa shape index (κ2) is 6.99. The highest BCUT2D eigenvalue weighted by atomic mass is 16.6. The van der Waals surface area contributed by atoms with Crippen LogP contribution in [0.3, 0.4) is 0 Å². The van der Waals surface area contributed by atoms with Crippen molar-refractivity contribution in [3.05, 3.63) is 49.1 Å². The van der Waals surface area contributed by atoms with Gasteiger partial charge >= 0.3 is 0 Å². The molecular formula is C15H17N2O6-. The summed E-state index contributed by atoms with van der Waals surface area (Å²) < 4.78 is 0. The maximum absolute atomic E-state index is 11.5. The molecule has 0 bridgehead atoms. The first-order valence-electron chi connectivity index (χ1n) is 6.97. The number of aliphatic carboxylic acids is 1. The number of hydrogen-bond donors (Lipinski definition) is 0. The van der Waals surface area contributed by atoms with E-state index in [-0.39, 0.29) is 22.6 Å². The summed E-state index contributed by atoms with van der Waals surface area (Å²) in [6.45, 7) is 6.53. The molecular weight excluding hydrogens is 304 g/mol. The van der Waals surface area contributed by atoms with Gasteiger partial charge in [-0.25, -0.2) is 0 Å². The van der Waals surface area contributed by atoms with Crippen molar-refractivity contribution in [1.29, 1.82) is 0 Å². The van der Waals surface area contributed by atoms with Crippen LogP contribution in [0.1, 0.15) is 51.2 Å². The predicted octanol–water partition coefficient (Wildman–Crippen LogP) is 2.56. The Labute approximate surface area is 132 Å². The molecule has 0 N–H and O–H groups in total. The number of allylic oxidation sites excluding steroid dienone is 1. The molecule has 1 unspecified atom stereocenters. The molecule has 8 nitrogen and oxygen atoms in total. The molecule has 1 aromatic rings. The second-order valence-electron chi connectivity index (χ2n) is 5.42. The minimum Gasteiger partial charge on any atom is -0.545 e. The summed E-state index contributed by atoms with van der Waals surface area (Å²) in [6, 6.07) is 1.98. The lowest BCUT2D eigenvalue weighted by Crippen LogP contribution is -2.25. The van der Waals surface area contributed by atoms with E-state index in [2.05, 4.69) is 0 Å². The third kappa shape index (κ3) is 3.71. The zero-order valence-electron chi connectivity index (χ0n) is 13.3. The van der Waals surface area contributed by atoms with Crippen molar-refractivity contribution in [1.82, 2.24) is 0 Å². The van der Waals surface area contributed by atoms with Crippen LogP contribution in [0.4, 0.5) is 11.4 Å². The molecule has 0 saturated heterocycles. The third-order valence-corrected chi connectivity index (χ3v) is 3.64. The van der Waals surface area contributed by atoms with Gasteiger partial charge in [-0.15, -0.1) is 0 Å². The van der Waals surface area contributed by atoms with Crippen LogP contribution in [0.2, 0.25) is 0 Å². The van der Waals surface area contributed by atoms with E-state index in [0.717, 1.165) is 6.07 Å². The topological polar surface area (TPSA) is 126 Å².